The van der Waals surface area contributed by atoms with Gasteiger partial charge in [-0.1, -0.05) is 27.5 Å². The predicted molar refractivity (Wildman–Crippen MR) is 96.6 cm³/mol. The lowest BCUT2D eigenvalue weighted by molar-refractivity contribution is -0.118. The van der Waals surface area contributed by atoms with Crippen molar-refractivity contribution in [3.8, 4) is 5.75 Å². The van der Waals surface area contributed by atoms with Crippen LogP contribution in [0.1, 0.15) is 5.56 Å². The highest BCUT2D eigenvalue weighted by Crippen LogP contribution is 2.32. The van der Waals surface area contributed by atoms with Crippen molar-refractivity contribution in [1.82, 2.24) is 0 Å². The van der Waals surface area contributed by atoms with E-state index in [0.29, 0.717) is 22.1 Å². The zero-order valence-corrected chi connectivity index (χ0v) is 15.5. The van der Waals surface area contributed by atoms with E-state index >= 15 is 0 Å². The average molecular weight is 449 g/mol. The molecule has 0 aromatic heterocycles. The Kier molecular flexibility index (Phi) is 5.72. The molecule has 116 valence electrons. The first-order valence-electron chi connectivity index (χ1n) is 6.30. The number of carbonyl (C=O) groups excluding carboxylic acids is 1. The maximum Gasteiger partial charge on any atom is 0.262 e. The Balaban J connectivity index is 2.02. The van der Waals surface area contributed by atoms with E-state index in [-0.39, 0.29) is 12.5 Å². The lowest BCUT2D eigenvalue weighted by atomic mass is 10.2. The third-order valence-electron chi connectivity index (χ3n) is 2.81. The van der Waals surface area contributed by atoms with Crippen LogP contribution in [0.3, 0.4) is 0 Å². The van der Waals surface area contributed by atoms with E-state index in [1.165, 1.54) is 0 Å². The molecule has 0 heterocycles. The smallest absolute Gasteiger partial charge is 0.262 e. The summed E-state index contributed by atoms with van der Waals surface area (Å²) in [6.07, 6.45) is 0. The van der Waals surface area contributed by atoms with Gasteiger partial charge in [0, 0.05) is 10.2 Å². The van der Waals surface area contributed by atoms with Crippen molar-refractivity contribution in [2.45, 2.75) is 6.92 Å². The fraction of sp³-hybridized carbons (Fsp3) is 0.133. The summed E-state index contributed by atoms with van der Waals surface area (Å²) in [4.78, 5) is 12.0. The van der Waals surface area contributed by atoms with Crippen LogP contribution in [0.2, 0.25) is 5.02 Å². The molecule has 2 rings (SSSR count). The van der Waals surface area contributed by atoms with Crippen molar-refractivity contribution in [3.05, 3.63) is 49.9 Å². The van der Waals surface area contributed by atoms with E-state index in [0.717, 1.165) is 14.5 Å². The highest BCUT2D eigenvalue weighted by molar-refractivity contribution is 9.11. The fourth-order valence-electron chi connectivity index (χ4n) is 1.83. The van der Waals surface area contributed by atoms with Crippen LogP contribution in [-0.2, 0) is 4.79 Å². The minimum atomic E-state index is -0.305. The number of nitrogen functional groups attached to an aromatic ring is 1. The summed E-state index contributed by atoms with van der Waals surface area (Å²) in [6, 6.07) is 8.66. The lowest BCUT2D eigenvalue weighted by Crippen LogP contribution is -2.20. The van der Waals surface area contributed by atoms with Crippen molar-refractivity contribution >= 4 is 60.7 Å². The standard InChI is InChI=1S/C15H13Br2ClN2O2/c1-8-4-9(16)5-11(17)15(8)22-7-14(21)20-13-3-2-10(19)6-12(13)18/h2-6H,7,19H2,1H3,(H,20,21). The third-order valence-corrected chi connectivity index (χ3v) is 4.17. The summed E-state index contributed by atoms with van der Waals surface area (Å²) < 4.78 is 7.28. The van der Waals surface area contributed by atoms with Crippen molar-refractivity contribution in [1.29, 1.82) is 0 Å². The van der Waals surface area contributed by atoms with Gasteiger partial charge < -0.3 is 15.8 Å². The largest absolute Gasteiger partial charge is 0.482 e. The second-order valence-corrected chi connectivity index (χ2v) is 6.79. The zero-order chi connectivity index (χ0) is 16.3. The number of nitrogens with one attached hydrogen (secondary N) is 1. The molecule has 2 aromatic rings. The molecule has 22 heavy (non-hydrogen) atoms. The first-order chi connectivity index (χ1) is 10.4. The highest BCUT2D eigenvalue weighted by atomic mass is 79.9. The number of aryl methyl sites for hydroxylation is 1. The van der Waals surface area contributed by atoms with Gasteiger partial charge in [0.1, 0.15) is 5.75 Å². The Morgan fingerprint density at radius 2 is 2.05 bits per heavy atom. The topological polar surface area (TPSA) is 64.3 Å². The van der Waals surface area contributed by atoms with Crippen molar-refractivity contribution in [2.75, 3.05) is 17.7 Å². The molecule has 0 aliphatic carbocycles. The molecule has 0 bridgehead atoms. The maximum absolute atomic E-state index is 12.0. The maximum atomic E-state index is 12.0. The molecule has 0 unspecified atom stereocenters. The summed E-state index contributed by atoms with van der Waals surface area (Å²) in [5, 5.41) is 3.07. The summed E-state index contributed by atoms with van der Waals surface area (Å²) in [6.45, 7) is 1.78. The summed E-state index contributed by atoms with van der Waals surface area (Å²) in [5.74, 6) is 0.322. The number of rotatable bonds is 4. The Hall–Kier alpha value is -1.24. The molecule has 1 amide bonds. The van der Waals surface area contributed by atoms with Gasteiger partial charge in [-0.3, -0.25) is 4.79 Å². The Morgan fingerprint density at radius 3 is 2.68 bits per heavy atom. The molecular formula is C15H13Br2ClN2O2. The number of ether oxygens (including phenoxy) is 1. The lowest BCUT2D eigenvalue weighted by Gasteiger charge is -2.12. The van der Waals surface area contributed by atoms with Crippen LogP contribution in [0.15, 0.2) is 39.3 Å². The molecule has 7 heteroatoms. The van der Waals surface area contributed by atoms with Crippen LogP contribution >= 0.6 is 43.5 Å². The number of anilines is 2. The minimum absolute atomic E-state index is 0.123. The van der Waals surface area contributed by atoms with Gasteiger partial charge >= 0.3 is 0 Å². The van der Waals surface area contributed by atoms with Gasteiger partial charge in [0.2, 0.25) is 0 Å². The predicted octanol–water partition coefficient (Wildman–Crippen LogP) is 4.77. The molecule has 0 radical (unpaired) electrons. The Morgan fingerprint density at radius 1 is 1.32 bits per heavy atom. The number of benzene rings is 2. The minimum Gasteiger partial charge on any atom is -0.482 e. The fourth-order valence-corrected chi connectivity index (χ4v) is 3.62. The molecule has 2 aromatic carbocycles. The van der Waals surface area contributed by atoms with E-state index in [4.69, 9.17) is 22.1 Å². The Labute approximate surface area is 150 Å². The molecule has 3 N–H and O–H groups in total. The Bertz CT molecular complexity index is 700. The number of halogens is 3. The van der Waals surface area contributed by atoms with E-state index < -0.39 is 0 Å². The van der Waals surface area contributed by atoms with Crippen molar-refractivity contribution in [3.63, 3.8) is 0 Å². The van der Waals surface area contributed by atoms with Gasteiger partial charge in [0.15, 0.2) is 6.61 Å². The van der Waals surface area contributed by atoms with Crippen molar-refractivity contribution < 1.29 is 9.53 Å². The van der Waals surface area contributed by atoms with E-state index in [1.54, 1.807) is 18.2 Å². The highest BCUT2D eigenvalue weighted by Gasteiger charge is 2.11. The summed E-state index contributed by atoms with van der Waals surface area (Å²) in [5.41, 5.74) is 7.56. The number of hydrogen-bond acceptors (Lipinski definition) is 3. The average Bonchev–Trinajstić information content (AvgIpc) is 2.40. The monoisotopic (exact) mass is 446 g/mol. The molecule has 0 aliphatic rings. The van der Waals surface area contributed by atoms with Crippen molar-refractivity contribution in [2.24, 2.45) is 0 Å². The first-order valence-corrected chi connectivity index (χ1v) is 8.26. The van der Waals surface area contributed by atoms with Crippen LogP contribution in [-0.4, -0.2) is 12.5 Å². The first kappa shape index (κ1) is 17.1. The summed E-state index contributed by atoms with van der Waals surface area (Å²) >= 11 is 12.8. The van der Waals surface area contributed by atoms with Gasteiger partial charge in [-0.25, -0.2) is 0 Å². The van der Waals surface area contributed by atoms with Gasteiger partial charge in [0.05, 0.1) is 15.2 Å². The van der Waals surface area contributed by atoms with Crippen LogP contribution in [0.4, 0.5) is 11.4 Å². The number of hydrogen-bond donors (Lipinski definition) is 2. The molecule has 4 nitrogen and oxygen atoms in total. The van der Waals surface area contributed by atoms with Gasteiger partial charge in [0.25, 0.3) is 5.91 Å². The SMILES string of the molecule is Cc1cc(Br)cc(Br)c1OCC(=O)Nc1ccc(N)cc1Cl. The van der Waals surface area contributed by atoms with E-state index in [9.17, 15) is 4.79 Å². The number of amides is 1. The third kappa shape index (κ3) is 4.38. The molecular weight excluding hydrogens is 435 g/mol. The number of nitrogens with two attached hydrogens (primary N) is 1. The van der Waals surface area contributed by atoms with Gasteiger partial charge in [-0.05, 0) is 58.7 Å². The van der Waals surface area contributed by atoms with Crippen LogP contribution in [0, 0.1) is 6.92 Å². The van der Waals surface area contributed by atoms with Crippen LogP contribution in [0.5, 0.6) is 5.75 Å². The molecule has 0 fully saturated rings. The van der Waals surface area contributed by atoms with E-state index in [1.807, 2.05) is 19.1 Å². The van der Waals surface area contributed by atoms with E-state index in [2.05, 4.69) is 37.2 Å². The van der Waals surface area contributed by atoms with Crippen LogP contribution in [0.25, 0.3) is 0 Å². The number of carbonyl (C=O) groups is 1. The molecule has 0 saturated heterocycles. The molecule has 0 aliphatic heterocycles. The normalized spacial score (nSPS) is 10.4. The second-order valence-electron chi connectivity index (χ2n) is 4.61. The quantitative estimate of drug-likeness (QED) is 0.662. The summed E-state index contributed by atoms with van der Waals surface area (Å²) in [7, 11) is 0. The molecule has 0 spiro atoms. The second kappa shape index (κ2) is 7.35. The zero-order valence-electron chi connectivity index (χ0n) is 11.6. The van der Waals surface area contributed by atoms with Gasteiger partial charge in [-0.15, -0.1) is 0 Å². The van der Waals surface area contributed by atoms with Gasteiger partial charge in [-0.2, -0.15) is 0 Å². The molecule has 0 atom stereocenters. The van der Waals surface area contributed by atoms with Crippen LogP contribution < -0.4 is 15.8 Å². The molecule has 0 saturated carbocycles.